The van der Waals surface area contributed by atoms with Crippen molar-refractivity contribution in [1.29, 1.82) is 0 Å². The molecule has 1 N–H and O–H groups in total. The number of nitrogens with one attached hydrogen (secondary N) is 1. The van der Waals surface area contributed by atoms with Crippen LogP contribution in [0.4, 0.5) is 11.5 Å². The third-order valence-electron chi connectivity index (χ3n) is 8.53. The second-order valence-corrected chi connectivity index (χ2v) is 10.5. The lowest BCUT2D eigenvalue weighted by molar-refractivity contribution is -0.0120. The molecule has 1 aromatic carbocycles. The van der Waals surface area contributed by atoms with E-state index in [-0.39, 0.29) is 5.91 Å². The van der Waals surface area contributed by atoms with Gasteiger partial charge in [-0.2, -0.15) is 0 Å². The van der Waals surface area contributed by atoms with Gasteiger partial charge in [-0.25, -0.2) is 4.98 Å². The molecule has 6 heteroatoms. The largest absolute Gasteiger partial charge is 0.497 e. The molecule has 1 saturated heterocycles. The van der Waals surface area contributed by atoms with Crippen LogP contribution in [0.15, 0.2) is 42.5 Å². The van der Waals surface area contributed by atoms with Crippen molar-refractivity contribution in [1.82, 2.24) is 10.3 Å². The molecule has 7 rings (SSSR count). The van der Waals surface area contributed by atoms with E-state index in [2.05, 4.69) is 27.2 Å². The fraction of sp³-hybridized carbons (Fsp3) is 0.556. The number of ether oxygens (including phenoxy) is 1. The lowest BCUT2D eigenvalue weighted by Gasteiger charge is -2.54. The van der Waals surface area contributed by atoms with Crippen molar-refractivity contribution in [2.75, 3.05) is 43.1 Å². The maximum absolute atomic E-state index is 13.2. The number of rotatable bonds is 5. The Morgan fingerprint density at radius 3 is 2.15 bits per heavy atom. The second kappa shape index (κ2) is 8.54. The topological polar surface area (TPSA) is 57.7 Å². The van der Waals surface area contributed by atoms with Crippen molar-refractivity contribution in [3.8, 4) is 5.75 Å². The molecular formula is C27H34N4O2. The van der Waals surface area contributed by atoms with E-state index < -0.39 is 0 Å². The molecule has 0 atom stereocenters. The van der Waals surface area contributed by atoms with Crippen LogP contribution < -0.4 is 19.9 Å². The highest BCUT2D eigenvalue weighted by Crippen LogP contribution is 2.53. The van der Waals surface area contributed by atoms with Crippen molar-refractivity contribution in [2.45, 2.75) is 38.1 Å². The highest BCUT2D eigenvalue weighted by atomic mass is 16.5. The monoisotopic (exact) mass is 446 g/mol. The van der Waals surface area contributed by atoms with Crippen LogP contribution >= 0.6 is 0 Å². The van der Waals surface area contributed by atoms with Gasteiger partial charge in [-0.3, -0.25) is 4.79 Å². The Bertz CT molecular complexity index is 971. The zero-order valence-electron chi connectivity index (χ0n) is 19.5. The zero-order chi connectivity index (χ0) is 22.4. The SMILES string of the molecule is COc1ccc(N2CCN(c3cccc(C(=O)NC4C5CC6CC(C5)CC4C6)n3)CC2)cc1. The molecule has 2 heterocycles. The Labute approximate surface area is 196 Å². The number of hydrogen-bond acceptors (Lipinski definition) is 5. The minimum atomic E-state index is 0.00573. The van der Waals surface area contributed by atoms with Gasteiger partial charge in [0.25, 0.3) is 5.91 Å². The summed E-state index contributed by atoms with van der Waals surface area (Å²) in [4.78, 5) is 22.6. The Hall–Kier alpha value is -2.76. The fourth-order valence-electron chi connectivity index (χ4n) is 7.10. The van der Waals surface area contributed by atoms with Crippen molar-refractivity contribution >= 4 is 17.4 Å². The average Bonchev–Trinajstić information content (AvgIpc) is 2.86. The number of nitrogens with zero attached hydrogens (tertiary/aromatic N) is 3. The summed E-state index contributed by atoms with van der Waals surface area (Å²) in [5.74, 6) is 4.98. The molecule has 0 spiro atoms. The molecule has 5 fully saturated rings. The van der Waals surface area contributed by atoms with Gasteiger partial charge in [0.15, 0.2) is 0 Å². The first-order valence-electron chi connectivity index (χ1n) is 12.6. The van der Waals surface area contributed by atoms with E-state index in [1.54, 1.807) is 7.11 Å². The number of hydrogen-bond donors (Lipinski definition) is 1. The van der Waals surface area contributed by atoms with Crippen molar-refractivity contribution < 1.29 is 9.53 Å². The first-order chi connectivity index (χ1) is 16.2. The quantitative estimate of drug-likeness (QED) is 0.753. The standard InChI is InChI=1S/C27H34N4O2/c1-33-23-7-5-22(6-8-23)30-9-11-31(12-10-30)25-4-2-3-24(28-25)27(32)29-26-20-14-18-13-19(16-20)17-21(26)15-18/h2-8,18-21,26H,9-17H2,1H3,(H,29,32). The number of piperazine rings is 1. The summed E-state index contributed by atoms with van der Waals surface area (Å²) in [5.41, 5.74) is 1.77. The van der Waals surface area contributed by atoms with Crippen LogP contribution in [0, 0.1) is 23.7 Å². The third kappa shape index (κ3) is 4.04. The van der Waals surface area contributed by atoms with Crippen LogP contribution in [0.2, 0.25) is 0 Å². The second-order valence-electron chi connectivity index (χ2n) is 10.5. The number of anilines is 2. The van der Waals surface area contributed by atoms with Gasteiger partial charge in [0.2, 0.25) is 0 Å². The maximum Gasteiger partial charge on any atom is 0.270 e. The van der Waals surface area contributed by atoms with E-state index in [4.69, 9.17) is 9.72 Å². The molecule has 174 valence electrons. The Kier molecular flexibility index (Phi) is 5.39. The summed E-state index contributed by atoms with van der Waals surface area (Å²) >= 11 is 0. The van der Waals surface area contributed by atoms with E-state index in [0.29, 0.717) is 23.6 Å². The molecule has 4 saturated carbocycles. The van der Waals surface area contributed by atoms with Crippen LogP contribution in [-0.4, -0.2) is 50.2 Å². The summed E-state index contributed by atoms with van der Waals surface area (Å²) in [5, 5.41) is 3.41. The highest BCUT2D eigenvalue weighted by molar-refractivity contribution is 5.93. The highest BCUT2D eigenvalue weighted by Gasteiger charge is 2.48. The summed E-state index contributed by atoms with van der Waals surface area (Å²) < 4.78 is 5.27. The molecule has 33 heavy (non-hydrogen) atoms. The van der Waals surface area contributed by atoms with Crippen LogP contribution in [0.25, 0.3) is 0 Å². The average molecular weight is 447 g/mol. The molecule has 1 amide bonds. The zero-order valence-corrected chi connectivity index (χ0v) is 19.5. The molecule has 5 aliphatic rings. The van der Waals surface area contributed by atoms with Gasteiger partial charge in [-0.15, -0.1) is 0 Å². The summed E-state index contributed by atoms with van der Waals surface area (Å²) in [7, 11) is 1.69. The maximum atomic E-state index is 13.2. The predicted octanol–water partition coefficient (Wildman–Crippen LogP) is 3.97. The Morgan fingerprint density at radius 2 is 1.52 bits per heavy atom. The number of pyridine rings is 1. The van der Waals surface area contributed by atoms with Crippen LogP contribution in [0.5, 0.6) is 5.75 Å². The molecule has 2 aromatic rings. The first kappa shape index (κ1) is 20.8. The lowest BCUT2D eigenvalue weighted by Crippen LogP contribution is -2.55. The van der Waals surface area contributed by atoms with Gasteiger partial charge >= 0.3 is 0 Å². The number of amides is 1. The minimum absolute atomic E-state index is 0.00573. The van der Waals surface area contributed by atoms with Gasteiger partial charge in [-0.05, 0) is 92.2 Å². The van der Waals surface area contributed by atoms with E-state index in [9.17, 15) is 4.79 Å². The van der Waals surface area contributed by atoms with Crippen molar-refractivity contribution in [3.63, 3.8) is 0 Å². The summed E-state index contributed by atoms with van der Waals surface area (Å²) in [6.07, 6.45) is 6.67. The molecule has 0 unspecified atom stereocenters. The van der Waals surface area contributed by atoms with Crippen LogP contribution in [-0.2, 0) is 0 Å². The van der Waals surface area contributed by atoms with Gasteiger partial charge < -0.3 is 19.9 Å². The summed E-state index contributed by atoms with van der Waals surface area (Å²) in [6.45, 7) is 3.63. The van der Waals surface area contributed by atoms with Crippen LogP contribution in [0.1, 0.15) is 42.6 Å². The Morgan fingerprint density at radius 1 is 0.879 bits per heavy atom. The molecule has 6 nitrogen and oxygen atoms in total. The molecule has 1 aromatic heterocycles. The number of carbonyl (C=O) groups excluding carboxylic acids is 1. The first-order valence-corrected chi connectivity index (χ1v) is 12.6. The van der Waals surface area contributed by atoms with Crippen molar-refractivity contribution in [3.05, 3.63) is 48.2 Å². The lowest BCUT2D eigenvalue weighted by atomic mass is 9.54. The predicted molar refractivity (Wildman–Crippen MR) is 130 cm³/mol. The van der Waals surface area contributed by atoms with E-state index in [0.717, 1.165) is 49.6 Å². The van der Waals surface area contributed by atoms with Gasteiger partial charge in [0.1, 0.15) is 17.3 Å². The number of carbonyl (C=O) groups is 1. The van der Waals surface area contributed by atoms with Gasteiger partial charge in [0.05, 0.1) is 7.11 Å². The van der Waals surface area contributed by atoms with E-state index in [1.165, 1.54) is 37.8 Å². The summed E-state index contributed by atoms with van der Waals surface area (Å²) in [6, 6.07) is 14.5. The fourth-order valence-corrected chi connectivity index (χ4v) is 7.10. The number of benzene rings is 1. The third-order valence-corrected chi connectivity index (χ3v) is 8.53. The smallest absolute Gasteiger partial charge is 0.270 e. The van der Waals surface area contributed by atoms with Gasteiger partial charge in [-0.1, -0.05) is 6.07 Å². The van der Waals surface area contributed by atoms with Crippen molar-refractivity contribution in [2.24, 2.45) is 23.7 Å². The molecular weight excluding hydrogens is 412 g/mol. The normalized spacial score (nSPS) is 30.4. The number of aromatic nitrogens is 1. The molecule has 1 aliphatic heterocycles. The van der Waals surface area contributed by atoms with Gasteiger partial charge in [0, 0.05) is 37.9 Å². The molecule has 4 aliphatic carbocycles. The number of methoxy groups -OCH3 is 1. The minimum Gasteiger partial charge on any atom is -0.497 e. The van der Waals surface area contributed by atoms with Crippen LogP contribution in [0.3, 0.4) is 0 Å². The molecule has 0 radical (unpaired) electrons. The molecule has 4 bridgehead atoms. The van der Waals surface area contributed by atoms with E-state index >= 15 is 0 Å². The Balaban J connectivity index is 1.09. The van der Waals surface area contributed by atoms with E-state index in [1.807, 2.05) is 30.3 Å².